The Morgan fingerprint density at radius 2 is 1.73 bits per heavy atom. The highest BCUT2D eigenvalue weighted by Crippen LogP contribution is 2.31. The Morgan fingerprint density at radius 3 is 2.32 bits per heavy atom. The quantitative estimate of drug-likeness (QED) is 0.772. The van der Waals surface area contributed by atoms with E-state index in [9.17, 15) is 4.39 Å². The number of H-pyrrole nitrogens is 1. The van der Waals surface area contributed by atoms with Gasteiger partial charge >= 0.3 is 0 Å². The second-order valence-electron chi connectivity index (χ2n) is 5.05. The average Bonchev–Trinajstić information content (AvgIpc) is 3.04. The molecule has 0 saturated heterocycles. The molecule has 6 heteroatoms. The van der Waals surface area contributed by atoms with Crippen LogP contribution in [-0.4, -0.2) is 28.6 Å². The minimum atomic E-state index is -0.279. The van der Waals surface area contributed by atoms with Crippen LogP contribution in [0.5, 0.6) is 11.5 Å². The van der Waals surface area contributed by atoms with Crippen LogP contribution in [0.1, 0.15) is 37.9 Å². The van der Waals surface area contributed by atoms with Gasteiger partial charge in [0.2, 0.25) is 0 Å². The summed E-state index contributed by atoms with van der Waals surface area (Å²) in [5, 5.41) is 10.3. The maximum Gasteiger partial charge on any atom is 0.164 e. The molecule has 0 unspecified atom stereocenters. The Balaban J connectivity index is 2.14. The topological polar surface area (TPSA) is 60.0 Å². The first-order valence-electron chi connectivity index (χ1n) is 7.67. The first-order valence-corrected chi connectivity index (χ1v) is 7.67. The minimum absolute atomic E-state index is 0.279. The third-order valence-electron chi connectivity index (χ3n) is 3.15. The van der Waals surface area contributed by atoms with Gasteiger partial charge in [-0.05, 0) is 37.3 Å². The van der Waals surface area contributed by atoms with Crippen LogP contribution in [0.15, 0.2) is 18.3 Å². The van der Waals surface area contributed by atoms with E-state index < -0.39 is 0 Å². The minimum Gasteiger partial charge on any atom is -0.490 e. The number of aromatic amines is 1. The number of aromatic nitrogens is 3. The van der Waals surface area contributed by atoms with Gasteiger partial charge in [-0.1, -0.05) is 13.8 Å². The van der Waals surface area contributed by atoms with Crippen LogP contribution < -0.4 is 9.47 Å². The van der Waals surface area contributed by atoms with Crippen molar-refractivity contribution in [1.82, 2.24) is 15.4 Å². The third kappa shape index (κ3) is 4.44. The molecule has 5 nitrogen and oxygen atoms in total. The molecule has 2 aromatic rings. The standard InChI is InChI=1S/C16H22FN3O2/c1-3-7-21-15-9-12(5-6-13-11-18-20-19-13)14(17)10-16(15)22-8-4-2/h9-11H,3-8H2,1-2H3,(H,18,19,20). The van der Waals surface area contributed by atoms with Gasteiger partial charge in [0.15, 0.2) is 11.5 Å². The van der Waals surface area contributed by atoms with Crippen molar-refractivity contribution >= 4 is 0 Å². The van der Waals surface area contributed by atoms with Gasteiger partial charge in [-0.15, -0.1) is 0 Å². The summed E-state index contributed by atoms with van der Waals surface area (Å²) in [7, 11) is 0. The number of halogens is 1. The molecule has 1 N–H and O–H groups in total. The summed E-state index contributed by atoms with van der Waals surface area (Å²) < 4.78 is 25.5. The molecule has 0 bridgehead atoms. The lowest BCUT2D eigenvalue weighted by atomic mass is 10.1. The van der Waals surface area contributed by atoms with E-state index in [1.807, 2.05) is 13.8 Å². The van der Waals surface area contributed by atoms with Crippen LogP contribution in [0.2, 0.25) is 0 Å². The van der Waals surface area contributed by atoms with E-state index in [2.05, 4.69) is 15.4 Å². The van der Waals surface area contributed by atoms with Crippen molar-refractivity contribution in [2.45, 2.75) is 39.5 Å². The van der Waals surface area contributed by atoms with Crippen molar-refractivity contribution in [2.24, 2.45) is 0 Å². The van der Waals surface area contributed by atoms with Crippen molar-refractivity contribution in [3.8, 4) is 11.5 Å². The molecule has 0 spiro atoms. The van der Waals surface area contributed by atoms with Gasteiger partial charge in [-0.25, -0.2) is 4.39 Å². The number of nitrogens with one attached hydrogen (secondary N) is 1. The SMILES string of the molecule is CCCOc1cc(F)c(CCc2cn[nH]n2)cc1OCCC. The highest BCUT2D eigenvalue weighted by atomic mass is 19.1. The second kappa shape index (κ2) is 8.36. The lowest BCUT2D eigenvalue weighted by molar-refractivity contribution is 0.266. The fourth-order valence-electron chi connectivity index (χ4n) is 2.03. The number of ether oxygens (including phenoxy) is 2. The van der Waals surface area contributed by atoms with Crippen molar-refractivity contribution in [2.75, 3.05) is 13.2 Å². The predicted molar refractivity (Wildman–Crippen MR) is 81.8 cm³/mol. The van der Waals surface area contributed by atoms with E-state index in [1.54, 1.807) is 12.3 Å². The van der Waals surface area contributed by atoms with Crippen LogP contribution in [-0.2, 0) is 12.8 Å². The molecule has 0 amide bonds. The molecule has 0 fully saturated rings. The maximum atomic E-state index is 14.2. The molecule has 0 atom stereocenters. The predicted octanol–water partition coefficient (Wildman–Crippen LogP) is 3.31. The summed E-state index contributed by atoms with van der Waals surface area (Å²) in [5.74, 6) is 0.795. The Hall–Kier alpha value is -2.11. The van der Waals surface area contributed by atoms with Crippen LogP contribution in [0.4, 0.5) is 4.39 Å². The normalized spacial score (nSPS) is 10.7. The van der Waals surface area contributed by atoms with Crippen LogP contribution in [0.3, 0.4) is 0 Å². The van der Waals surface area contributed by atoms with E-state index in [4.69, 9.17) is 9.47 Å². The molecule has 1 aromatic carbocycles. The largest absolute Gasteiger partial charge is 0.490 e. The number of hydrogen-bond acceptors (Lipinski definition) is 4. The van der Waals surface area contributed by atoms with E-state index in [0.717, 1.165) is 18.5 Å². The molecule has 1 aromatic heterocycles. The summed E-state index contributed by atoms with van der Waals surface area (Å²) in [6, 6.07) is 3.15. The van der Waals surface area contributed by atoms with Gasteiger partial charge in [0.05, 0.1) is 25.1 Å². The van der Waals surface area contributed by atoms with Crippen LogP contribution >= 0.6 is 0 Å². The molecule has 0 saturated carbocycles. The molecular formula is C16H22FN3O2. The Bertz CT molecular complexity index is 573. The van der Waals surface area contributed by atoms with Crippen molar-refractivity contribution < 1.29 is 13.9 Å². The van der Waals surface area contributed by atoms with E-state index >= 15 is 0 Å². The molecule has 1 heterocycles. The van der Waals surface area contributed by atoms with Gasteiger partial charge in [0, 0.05) is 6.07 Å². The van der Waals surface area contributed by atoms with Crippen LogP contribution in [0.25, 0.3) is 0 Å². The van der Waals surface area contributed by atoms with Crippen molar-refractivity contribution in [3.63, 3.8) is 0 Å². The van der Waals surface area contributed by atoms with Gasteiger partial charge < -0.3 is 9.47 Å². The summed E-state index contributed by atoms with van der Waals surface area (Å²) in [6.45, 7) is 5.16. The number of hydrogen-bond donors (Lipinski definition) is 1. The fourth-order valence-corrected chi connectivity index (χ4v) is 2.03. The van der Waals surface area contributed by atoms with Crippen molar-refractivity contribution in [3.05, 3.63) is 35.4 Å². The summed E-state index contributed by atoms with van der Waals surface area (Å²) in [5.41, 5.74) is 1.40. The molecule has 0 radical (unpaired) electrons. The molecule has 22 heavy (non-hydrogen) atoms. The monoisotopic (exact) mass is 307 g/mol. The smallest absolute Gasteiger partial charge is 0.164 e. The van der Waals surface area contributed by atoms with Gasteiger partial charge in [-0.3, -0.25) is 0 Å². The fraction of sp³-hybridized carbons (Fsp3) is 0.500. The lowest BCUT2D eigenvalue weighted by Crippen LogP contribution is -2.04. The molecule has 0 aliphatic rings. The van der Waals surface area contributed by atoms with Crippen molar-refractivity contribution in [1.29, 1.82) is 0 Å². The Labute approximate surface area is 129 Å². The number of rotatable bonds is 9. The number of aryl methyl sites for hydroxylation is 2. The van der Waals surface area contributed by atoms with Crippen LogP contribution in [0, 0.1) is 5.82 Å². The highest BCUT2D eigenvalue weighted by molar-refractivity contribution is 5.44. The van der Waals surface area contributed by atoms with E-state index in [-0.39, 0.29) is 5.82 Å². The second-order valence-corrected chi connectivity index (χ2v) is 5.05. The number of nitrogens with zero attached hydrogens (tertiary/aromatic N) is 2. The zero-order valence-corrected chi connectivity index (χ0v) is 13.1. The number of benzene rings is 1. The first-order chi connectivity index (χ1) is 10.7. The van der Waals surface area contributed by atoms with Gasteiger partial charge in [0.25, 0.3) is 0 Å². The Morgan fingerprint density at radius 1 is 1.05 bits per heavy atom. The maximum absolute atomic E-state index is 14.2. The molecule has 0 aliphatic heterocycles. The molecule has 0 aliphatic carbocycles. The van der Waals surface area contributed by atoms with Gasteiger partial charge in [-0.2, -0.15) is 15.4 Å². The first kappa shape index (κ1) is 16.3. The summed E-state index contributed by atoms with van der Waals surface area (Å²) in [6.07, 6.45) is 4.55. The average molecular weight is 307 g/mol. The van der Waals surface area contributed by atoms with E-state index in [0.29, 0.717) is 43.1 Å². The highest BCUT2D eigenvalue weighted by Gasteiger charge is 2.13. The molecule has 2 rings (SSSR count). The Kier molecular flexibility index (Phi) is 6.18. The zero-order chi connectivity index (χ0) is 15.8. The molecular weight excluding hydrogens is 285 g/mol. The van der Waals surface area contributed by atoms with E-state index in [1.165, 1.54) is 6.07 Å². The molecule has 120 valence electrons. The summed E-state index contributed by atoms with van der Waals surface area (Å²) in [4.78, 5) is 0. The summed E-state index contributed by atoms with van der Waals surface area (Å²) >= 11 is 0. The lowest BCUT2D eigenvalue weighted by Gasteiger charge is -2.14. The zero-order valence-electron chi connectivity index (χ0n) is 13.1. The third-order valence-corrected chi connectivity index (χ3v) is 3.15. The van der Waals surface area contributed by atoms with Gasteiger partial charge in [0.1, 0.15) is 5.82 Å².